The minimum atomic E-state index is -0.519. The van der Waals surface area contributed by atoms with E-state index in [1.807, 2.05) is 45.0 Å². The highest BCUT2D eigenvalue weighted by Gasteiger charge is 2.26. The molecule has 3 N–H and O–H groups in total. The zero-order chi connectivity index (χ0) is 27.8. The summed E-state index contributed by atoms with van der Waals surface area (Å²) in [5.74, 6) is 1.48. The lowest BCUT2D eigenvalue weighted by atomic mass is 9.93. The fourth-order valence-corrected chi connectivity index (χ4v) is 4.72. The van der Waals surface area contributed by atoms with Crippen LogP contribution < -0.4 is 20.3 Å². The van der Waals surface area contributed by atoms with Gasteiger partial charge in [-0.15, -0.1) is 0 Å². The van der Waals surface area contributed by atoms with Gasteiger partial charge < -0.3 is 24.3 Å². The first kappa shape index (κ1) is 28.6. The summed E-state index contributed by atoms with van der Waals surface area (Å²) in [6, 6.07) is 10.9. The van der Waals surface area contributed by atoms with Gasteiger partial charge in [0, 0.05) is 31.2 Å². The van der Waals surface area contributed by atoms with Crippen LogP contribution in [0.4, 0.5) is 4.79 Å². The Morgan fingerprint density at radius 3 is 2.54 bits per heavy atom. The van der Waals surface area contributed by atoms with Crippen molar-refractivity contribution < 1.29 is 23.7 Å². The van der Waals surface area contributed by atoms with E-state index in [9.17, 15) is 4.79 Å². The van der Waals surface area contributed by atoms with Crippen LogP contribution in [-0.4, -0.2) is 78.6 Å². The van der Waals surface area contributed by atoms with Crippen molar-refractivity contribution in [2.75, 3.05) is 39.5 Å². The molecule has 2 aliphatic rings. The maximum absolute atomic E-state index is 12.1. The van der Waals surface area contributed by atoms with Gasteiger partial charge in [0.2, 0.25) is 0 Å². The van der Waals surface area contributed by atoms with Crippen molar-refractivity contribution in [2.24, 2.45) is 0 Å². The molecule has 1 aliphatic heterocycles. The first-order valence-corrected chi connectivity index (χ1v) is 13.7. The van der Waals surface area contributed by atoms with Crippen LogP contribution >= 0.6 is 0 Å². The van der Waals surface area contributed by atoms with Gasteiger partial charge in [0.05, 0.1) is 25.5 Å². The second-order valence-electron chi connectivity index (χ2n) is 11.0. The molecule has 1 amide bonds. The number of benzene rings is 1. The summed E-state index contributed by atoms with van der Waals surface area (Å²) in [5.41, 5.74) is 0.328. The van der Waals surface area contributed by atoms with E-state index in [1.54, 1.807) is 18.3 Å². The van der Waals surface area contributed by atoms with Crippen LogP contribution in [0.1, 0.15) is 52.0 Å². The van der Waals surface area contributed by atoms with Gasteiger partial charge in [-0.3, -0.25) is 20.3 Å². The number of carbonyl (C=O) groups excluding carboxylic acids is 1. The number of rotatable bonds is 8. The lowest BCUT2D eigenvalue weighted by Gasteiger charge is -2.30. The van der Waals surface area contributed by atoms with Crippen LogP contribution in [-0.2, 0) is 9.47 Å². The number of pyridine rings is 1. The molecule has 10 heteroatoms. The van der Waals surface area contributed by atoms with Gasteiger partial charge >= 0.3 is 6.09 Å². The normalized spacial score (nSPS) is 20.2. The lowest BCUT2D eigenvalue weighted by molar-refractivity contribution is 0.0322. The summed E-state index contributed by atoms with van der Waals surface area (Å²) in [4.78, 5) is 14.4. The largest absolute Gasteiger partial charge is 0.492 e. The van der Waals surface area contributed by atoms with Gasteiger partial charge in [-0.05, 0) is 70.7 Å². The molecular weight excluding hydrogens is 498 g/mol. The van der Waals surface area contributed by atoms with Crippen LogP contribution in [0.5, 0.6) is 11.5 Å². The summed E-state index contributed by atoms with van der Waals surface area (Å²) in [6.07, 6.45) is 4.51. The average Bonchev–Trinajstić information content (AvgIpc) is 2.90. The molecule has 0 unspecified atom stereocenters. The molecule has 1 saturated carbocycles. The highest BCUT2D eigenvalue weighted by atomic mass is 16.6. The SMILES string of the molecule is CC(C)(C)OC(=O)NC1CCC(Oc2ccc(=N)n(C(=N)c3cccc(OCCN4CCOCC4)c3)c2)CC1. The van der Waals surface area contributed by atoms with E-state index in [4.69, 9.17) is 29.8 Å². The number of alkyl carbamates (subject to hydrolysis) is 1. The minimum absolute atomic E-state index is 0.00379. The van der Waals surface area contributed by atoms with Gasteiger partial charge in [-0.25, -0.2) is 4.79 Å². The van der Waals surface area contributed by atoms with Crippen molar-refractivity contribution >= 4 is 11.9 Å². The summed E-state index contributed by atoms with van der Waals surface area (Å²) in [7, 11) is 0. The van der Waals surface area contributed by atoms with Crippen molar-refractivity contribution in [3.8, 4) is 11.5 Å². The Kier molecular flexibility index (Phi) is 9.63. The predicted octanol–water partition coefficient (Wildman–Crippen LogP) is 3.77. The van der Waals surface area contributed by atoms with Gasteiger partial charge in [0.1, 0.15) is 35.0 Å². The van der Waals surface area contributed by atoms with Crippen LogP contribution in [0, 0.1) is 10.8 Å². The number of hydrogen-bond donors (Lipinski definition) is 3. The third-order valence-electron chi connectivity index (χ3n) is 6.75. The number of morpholine rings is 1. The third kappa shape index (κ3) is 8.83. The second kappa shape index (κ2) is 13.1. The number of aromatic nitrogens is 1. The maximum Gasteiger partial charge on any atom is 0.407 e. The quantitative estimate of drug-likeness (QED) is 0.347. The Labute approximate surface area is 230 Å². The first-order chi connectivity index (χ1) is 18.7. The first-order valence-electron chi connectivity index (χ1n) is 13.7. The third-order valence-corrected chi connectivity index (χ3v) is 6.75. The van der Waals surface area contributed by atoms with E-state index < -0.39 is 5.60 Å². The number of ether oxygens (including phenoxy) is 4. The topological polar surface area (TPSA) is 122 Å². The fourth-order valence-electron chi connectivity index (χ4n) is 4.72. The molecular formula is C29H41N5O5. The number of nitrogens with zero attached hydrogens (tertiary/aromatic N) is 2. The molecule has 4 rings (SSSR count). The summed E-state index contributed by atoms with van der Waals surface area (Å²) >= 11 is 0. The number of hydrogen-bond acceptors (Lipinski definition) is 8. The molecule has 39 heavy (non-hydrogen) atoms. The summed E-state index contributed by atoms with van der Waals surface area (Å²) in [6.45, 7) is 10.3. The molecule has 0 radical (unpaired) electrons. The number of nitrogens with one attached hydrogen (secondary N) is 3. The molecule has 1 aliphatic carbocycles. The van der Waals surface area contributed by atoms with E-state index in [1.165, 1.54) is 4.57 Å². The Morgan fingerprint density at radius 2 is 1.82 bits per heavy atom. The molecule has 2 fully saturated rings. The van der Waals surface area contributed by atoms with E-state index in [2.05, 4.69) is 10.2 Å². The van der Waals surface area contributed by atoms with Crippen LogP contribution in [0.3, 0.4) is 0 Å². The summed E-state index contributed by atoms with van der Waals surface area (Å²) in [5, 5.41) is 20.1. The Bertz CT molecular complexity index is 1180. The van der Waals surface area contributed by atoms with E-state index >= 15 is 0 Å². The van der Waals surface area contributed by atoms with E-state index in [0.717, 1.165) is 58.5 Å². The average molecular weight is 540 g/mol. The maximum atomic E-state index is 12.1. The monoisotopic (exact) mass is 539 g/mol. The van der Waals surface area contributed by atoms with Crippen LogP contribution in [0.2, 0.25) is 0 Å². The zero-order valence-electron chi connectivity index (χ0n) is 23.2. The molecule has 2 aromatic rings. The predicted molar refractivity (Wildman–Crippen MR) is 148 cm³/mol. The molecule has 10 nitrogen and oxygen atoms in total. The number of carbonyl (C=O) groups is 1. The van der Waals surface area contributed by atoms with Gasteiger partial charge in [0.15, 0.2) is 0 Å². The highest BCUT2D eigenvalue weighted by Crippen LogP contribution is 2.24. The van der Waals surface area contributed by atoms with Gasteiger partial charge in [-0.2, -0.15) is 0 Å². The Hall–Kier alpha value is -3.37. The van der Waals surface area contributed by atoms with Crippen molar-refractivity contribution in [3.05, 3.63) is 53.6 Å². The van der Waals surface area contributed by atoms with E-state index in [0.29, 0.717) is 23.7 Å². The fraction of sp³-hybridized carbons (Fsp3) is 0.552. The summed E-state index contributed by atoms with van der Waals surface area (Å²) < 4.78 is 24.4. The molecule has 0 bridgehead atoms. The lowest BCUT2D eigenvalue weighted by Crippen LogP contribution is -2.42. The van der Waals surface area contributed by atoms with Crippen molar-refractivity contribution in [1.82, 2.24) is 14.8 Å². The van der Waals surface area contributed by atoms with Crippen LogP contribution in [0.15, 0.2) is 42.6 Å². The molecule has 1 aromatic carbocycles. The van der Waals surface area contributed by atoms with Crippen molar-refractivity contribution in [2.45, 2.75) is 64.2 Å². The molecule has 0 spiro atoms. The highest BCUT2D eigenvalue weighted by molar-refractivity contribution is 5.98. The van der Waals surface area contributed by atoms with Crippen molar-refractivity contribution in [1.29, 1.82) is 10.8 Å². The van der Waals surface area contributed by atoms with Gasteiger partial charge in [-0.1, -0.05) is 12.1 Å². The van der Waals surface area contributed by atoms with Crippen LogP contribution in [0.25, 0.3) is 0 Å². The molecule has 1 saturated heterocycles. The molecule has 0 atom stereocenters. The zero-order valence-corrected chi connectivity index (χ0v) is 23.2. The number of amides is 1. The van der Waals surface area contributed by atoms with E-state index in [-0.39, 0.29) is 29.6 Å². The van der Waals surface area contributed by atoms with Crippen molar-refractivity contribution in [3.63, 3.8) is 0 Å². The molecule has 212 valence electrons. The standard InChI is InChI=1S/C29H41N5O5/c1-29(2,3)39-28(35)32-22-7-9-23(10-8-22)38-25-11-12-26(30)34(20-25)27(31)21-5-4-6-24(19-21)37-18-15-33-13-16-36-17-14-33/h4-6,11-12,19-20,22-23,30-31H,7-10,13-18H2,1-3H3,(H,32,35). The minimum Gasteiger partial charge on any atom is -0.492 e. The Balaban J connectivity index is 1.31. The van der Waals surface area contributed by atoms with Gasteiger partial charge in [0.25, 0.3) is 0 Å². The second-order valence-corrected chi connectivity index (χ2v) is 11.0. The molecule has 1 aromatic heterocycles. The molecule has 2 heterocycles. The smallest absolute Gasteiger partial charge is 0.407 e. The Morgan fingerprint density at radius 1 is 1.08 bits per heavy atom.